The molecule has 0 radical (unpaired) electrons. The van der Waals surface area contributed by atoms with Gasteiger partial charge in [0, 0.05) is 22.8 Å². The van der Waals surface area contributed by atoms with E-state index in [1.807, 2.05) is 0 Å². The molecule has 5 rings (SSSR count). The van der Waals surface area contributed by atoms with Crippen LogP contribution >= 0.6 is 0 Å². The van der Waals surface area contributed by atoms with Crippen LogP contribution in [0.15, 0.2) is 66.9 Å². The number of pyridine rings is 2. The Morgan fingerprint density at radius 2 is 1.48 bits per heavy atom. The Morgan fingerprint density at radius 1 is 0.759 bits per heavy atom. The number of aromatic nitrogens is 2. The fourth-order valence-corrected chi connectivity index (χ4v) is 4.70. The Kier molecular flexibility index (Phi) is 4.09. The van der Waals surface area contributed by atoms with E-state index in [4.69, 9.17) is 4.98 Å². The van der Waals surface area contributed by atoms with Crippen molar-refractivity contribution in [3.8, 4) is 33.6 Å². The maximum atomic E-state index is 5.02. The smallest absolute Gasteiger partial charge is 0.215 e. The first-order valence-electron chi connectivity index (χ1n) is 10.2. The highest BCUT2D eigenvalue weighted by Crippen LogP contribution is 2.35. The molecule has 2 aromatic heterocycles. The highest BCUT2D eigenvalue weighted by molar-refractivity contribution is 5.75. The summed E-state index contributed by atoms with van der Waals surface area (Å²) in [4.78, 5) is 5.02. The molecule has 29 heavy (non-hydrogen) atoms. The second-order valence-electron chi connectivity index (χ2n) is 8.14. The van der Waals surface area contributed by atoms with Crippen molar-refractivity contribution in [2.75, 3.05) is 0 Å². The van der Waals surface area contributed by atoms with E-state index in [9.17, 15) is 0 Å². The van der Waals surface area contributed by atoms with E-state index in [1.165, 1.54) is 50.2 Å². The molecule has 0 unspecified atom stereocenters. The molecule has 0 amide bonds. The van der Waals surface area contributed by atoms with Gasteiger partial charge in [-0.3, -0.25) is 4.98 Å². The Hall–Kier alpha value is -3.26. The zero-order chi connectivity index (χ0) is 20.1. The SMILES string of the molecule is Cc1ccccc1-c1ccc2[n+](c1)Cc1cc(-c3c(C)cccc3C)nc(C)c1-2. The zero-order valence-electron chi connectivity index (χ0n) is 17.5. The molecule has 0 saturated heterocycles. The molecular formula is C27H25N2+. The highest BCUT2D eigenvalue weighted by Gasteiger charge is 2.30. The summed E-state index contributed by atoms with van der Waals surface area (Å²) in [5.41, 5.74) is 13.8. The first-order chi connectivity index (χ1) is 14.0. The molecule has 3 heterocycles. The number of aryl methyl sites for hydroxylation is 4. The molecule has 2 aromatic carbocycles. The summed E-state index contributed by atoms with van der Waals surface area (Å²) in [6.45, 7) is 9.55. The number of nitrogens with zero attached hydrogens (tertiary/aromatic N) is 2. The molecule has 4 aromatic rings. The van der Waals surface area contributed by atoms with Crippen molar-refractivity contribution in [1.29, 1.82) is 0 Å². The Labute approximate surface area is 172 Å². The number of hydrogen-bond acceptors (Lipinski definition) is 1. The third-order valence-electron chi connectivity index (χ3n) is 6.10. The van der Waals surface area contributed by atoms with Crippen LogP contribution in [0.2, 0.25) is 0 Å². The van der Waals surface area contributed by atoms with Crippen molar-refractivity contribution in [2.24, 2.45) is 0 Å². The molecular weight excluding hydrogens is 352 g/mol. The maximum absolute atomic E-state index is 5.02. The van der Waals surface area contributed by atoms with Gasteiger partial charge in [-0.05, 0) is 62.1 Å². The largest absolute Gasteiger partial charge is 0.252 e. The van der Waals surface area contributed by atoms with Crippen molar-refractivity contribution in [2.45, 2.75) is 34.2 Å². The van der Waals surface area contributed by atoms with E-state index in [0.29, 0.717) is 0 Å². The summed E-state index contributed by atoms with van der Waals surface area (Å²) in [5, 5.41) is 0. The molecule has 0 N–H and O–H groups in total. The van der Waals surface area contributed by atoms with Gasteiger partial charge in [0.25, 0.3) is 0 Å². The van der Waals surface area contributed by atoms with Crippen LogP contribution in [0.4, 0.5) is 0 Å². The molecule has 0 fully saturated rings. The van der Waals surface area contributed by atoms with Crippen molar-refractivity contribution >= 4 is 0 Å². The minimum Gasteiger partial charge on any atom is -0.252 e. The van der Waals surface area contributed by atoms with Crippen molar-refractivity contribution in [3.05, 3.63) is 94.8 Å². The van der Waals surface area contributed by atoms with Gasteiger partial charge in [0.1, 0.15) is 0 Å². The molecule has 0 aliphatic carbocycles. The molecule has 2 nitrogen and oxygen atoms in total. The minimum atomic E-state index is 0.895. The third kappa shape index (κ3) is 2.87. The second kappa shape index (κ2) is 6.66. The van der Waals surface area contributed by atoms with Gasteiger partial charge < -0.3 is 0 Å². The van der Waals surface area contributed by atoms with Crippen LogP contribution in [0.3, 0.4) is 0 Å². The van der Waals surface area contributed by atoms with Gasteiger partial charge in [-0.15, -0.1) is 0 Å². The van der Waals surface area contributed by atoms with Gasteiger partial charge in [0.15, 0.2) is 12.7 Å². The lowest BCUT2D eigenvalue weighted by atomic mass is 9.96. The fourth-order valence-electron chi connectivity index (χ4n) is 4.70. The molecule has 0 spiro atoms. The number of fused-ring (bicyclic) bond motifs is 3. The summed E-state index contributed by atoms with van der Waals surface area (Å²) in [5.74, 6) is 0. The van der Waals surface area contributed by atoms with E-state index >= 15 is 0 Å². The molecule has 0 saturated carbocycles. The minimum absolute atomic E-state index is 0.895. The van der Waals surface area contributed by atoms with Crippen LogP contribution in [0, 0.1) is 27.7 Å². The maximum Gasteiger partial charge on any atom is 0.215 e. The van der Waals surface area contributed by atoms with Crippen molar-refractivity contribution < 1.29 is 4.57 Å². The standard InChI is InChI=1S/C27H25N2/c1-17-8-5-6-11-23(17)21-12-13-25-27-20(4)28-24(14-22(27)16-29(25)15-21)26-18(2)9-7-10-19(26)3/h5-15H,16H2,1-4H3/q+1. The van der Waals surface area contributed by atoms with E-state index in [1.54, 1.807) is 0 Å². The molecule has 0 atom stereocenters. The molecule has 1 aliphatic heterocycles. The van der Waals surface area contributed by atoms with Crippen LogP contribution in [-0.4, -0.2) is 4.98 Å². The van der Waals surface area contributed by atoms with E-state index in [-0.39, 0.29) is 0 Å². The fraction of sp³-hybridized carbons (Fsp3) is 0.185. The molecule has 0 bridgehead atoms. The van der Waals surface area contributed by atoms with E-state index < -0.39 is 0 Å². The van der Waals surface area contributed by atoms with Crippen LogP contribution in [-0.2, 0) is 6.54 Å². The third-order valence-corrected chi connectivity index (χ3v) is 6.10. The lowest BCUT2D eigenvalue weighted by molar-refractivity contribution is -0.671. The predicted octanol–water partition coefficient (Wildman–Crippen LogP) is 5.97. The highest BCUT2D eigenvalue weighted by atomic mass is 15.0. The summed E-state index contributed by atoms with van der Waals surface area (Å²) in [7, 11) is 0. The van der Waals surface area contributed by atoms with Crippen LogP contribution in [0.5, 0.6) is 0 Å². The van der Waals surface area contributed by atoms with Gasteiger partial charge in [-0.25, -0.2) is 0 Å². The Morgan fingerprint density at radius 3 is 2.24 bits per heavy atom. The summed E-state index contributed by atoms with van der Waals surface area (Å²) < 4.78 is 2.37. The topological polar surface area (TPSA) is 16.8 Å². The summed E-state index contributed by atoms with van der Waals surface area (Å²) >= 11 is 0. The summed E-state index contributed by atoms with van der Waals surface area (Å²) in [6.07, 6.45) is 2.29. The average molecular weight is 378 g/mol. The first-order valence-corrected chi connectivity index (χ1v) is 10.2. The molecule has 2 heteroatoms. The van der Waals surface area contributed by atoms with Gasteiger partial charge in [-0.1, -0.05) is 42.5 Å². The monoisotopic (exact) mass is 377 g/mol. The average Bonchev–Trinajstić information content (AvgIpc) is 3.06. The number of benzene rings is 2. The normalized spacial score (nSPS) is 12.0. The second-order valence-corrected chi connectivity index (χ2v) is 8.14. The Bertz CT molecular complexity index is 1250. The van der Waals surface area contributed by atoms with Gasteiger partial charge in [0.05, 0.1) is 17.0 Å². The quantitative estimate of drug-likeness (QED) is 0.347. The Balaban J connectivity index is 1.62. The summed E-state index contributed by atoms with van der Waals surface area (Å²) in [6, 6.07) is 21.8. The lowest BCUT2D eigenvalue weighted by Crippen LogP contribution is -2.32. The lowest BCUT2D eigenvalue weighted by Gasteiger charge is -2.11. The van der Waals surface area contributed by atoms with Crippen LogP contribution in [0.1, 0.15) is 27.9 Å². The zero-order valence-corrected chi connectivity index (χ0v) is 17.5. The van der Waals surface area contributed by atoms with E-state index in [0.717, 1.165) is 17.9 Å². The molecule has 142 valence electrons. The van der Waals surface area contributed by atoms with Gasteiger partial charge >= 0.3 is 0 Å². The number of rotatable bonds is 2. The van der Waals surface area contributed by atoms with Crippen molar-refractivity contribution in [1.82, 2.24) is 4.98 Å². The van der Waals surface area contributed by atoms with Crippen molar-refractivity contribution in [3.63, 3.8) is 0 Å². The predicted molar refractivity (Wildman–Crippen MR) is 119 cm³/mol. The van der Waals surface area contributed by atoms with E-state index in [2.05, 4.69) is 99.1 Å². The van der Waals surface area contributed by atoms with Gasteiger partial charge in [-0.2, -0.15) is 4.57 Å². The van der Waals surface area contributed by atoms with Crippen LogP contribution in [0.25, 0.3) is 33.6 Å². The molecule has 1 aliphatic rings. The van der Waals surface area contributed by atoms with Gasteiger partial charge in [0.2, 0.25) is 5.69 Å². The first kappa shape index (κ1) is 17.8. The van der Waals surface area contributed by atoms with Crippen LogP contribution < -0.4 is 4.57 Å². The number of hydrogen-bond donors (Lipinski definition) is 0.